The number of rotatable bonds is 5. The predicted molar refractivity (Wildman–Crippen MR) is 61.7 cm³/mol. The van der Waals surface area contributed by atoms with Crippen molar-refractivity contribution < 1.29 is 13.2 Å². The monoisotopic (exact) mass is 244 g/mol. The van der Waals surface area contributed by atoms with E-state index in [1.54, 1.807) is 13.0 Å². The van der Waals surface area contributed by atoms with Crippen LogP contribution in [0, 0.1) is 6.92 Å². The van der Waals surface area contributed by atoms with E-state index in [0.29, 0.717) is 18.9 Å². The van der Waals surface area contributed by atoms with Crippen LogP contribution in [0.25, 0.3) is 0 Å². The standard InChI is InChI=1S/C10H16N2O3S/c1-8-7-9(16(12,13)14)3-4-10(8)15-6-2-5-11/h3-4,7H,2,5-6,11H2,1H3,(H2,12,13,14). The number of aryl methyl sites for hydroxylation is 1. The van der Waals surface area contributed by atoms with E-state index in [4.69, 9.17) is 15.6 Å². The lowest BCUT2D eigenvalue weighted by Gasteiger charge is -2.09. The van der Waals surface area contributed by atoms with Crippen LogP contribution in [0.15, 0.2) is 23.1 Å². The second-order valence-corrected chi connectivity index (χ2v) is 5.02. The first-order valence-corrected chi connectivity index (χ1v) is 6.46. The summed E-state index contributed by atoms with van der Waals surface area (Å²) >= 11 is 0. The average molecular weight is 244 g/mol. The van der Waals surface area contributed by atoms with Gasteiger partial charge in [0.2, 0.25) is 10.0 Å². The molecule has 0 heterocycles. The van der Waals surface area contributed by atoms with Gasteiger partial charge in [0.1, 0.15) is 5.75 Å². The largest absolute Gasteiger partial charge is 0.493 e. The maximum absolute atomic E-state index is 11.1. The van der Waals surface area contributed by atoms with Gasteiger partial charge in [-0.3, -0.25) is 0 Å². The molecule has 0 amide bonds. The Morgan fingerprint density at radius 3 is 2.56 bits per heavy atom. The minimum absolute atomic E-state index is 0.0937. The third-order valence-electron chi connectivity index (χ3n) is 2.08. The van der Waals surface area contributed by atoms with Gasteiger partial charge in [-0.1, -0.05) is 0 Å². The van der Waals surface area contributed by atoms with Crippen LogP contribution >= 0.6 is 0 Å². The molecule has 0 aromatic heterocycles. The zero-order chi connectivity index (χ0) is 12.2. The Bertz CT molecular complexity index is 457. The van der Waals surface area contributed by atoms with E-state index in [0.717, 1.165) is 12.0 Å². The smallest absolute Gasteiger partial charge is 0.238 e. The van der Waals surface area contributed by atoms with E-state index in [-0.39, 0.29) is 4.90 Å². The first-order chi connectivity index (χ1) is 7.45. The van der Waals surface area contributed by atoms with Crippen LogP contribution in [0.2, 0.25) is 0 Å². The highest BCUT2D eigenvalue weighted by Crippen LogP contribution is 2.21. The molecule has 0 unspecified atom stereocenters. The van der Waals surface area contributed by atoms with Gasteiger partial charge in [-0.25, -0.2) is 13.6 Å². The number of nitrogens with two attached hydrogens (primary N) is 2. The first-order valence-electron chi connectivity index (χ1n) is 4.91. The summed E-state index contributed by atoms with van der Waals surface area (Å²) in [5.74, 6) is 0.654. The third kappa shape index (κ3) is 3.48. The Morgan fingerprint density at radius 2 is 2.06 bits per heavy atom. The average Bonchev–Trinajstić information content (AvgIpc) is 2.19. The zero-order valence-electron chi connectivity index (χ0n) is 9.14. The Morgan fingerprint density at radius 1 is 1.38 bits per heavy atom. The number of hydrogen-bond donors (Lipinski definition) is 2. The molecule has 0 atom stereocenters. The number of primary sulfonamides is 1. The van der Waals surface area contributed by atoms with Gasteiger partial charge >= 0.3 is 0 Å². The molecule has 0 spiro atoms. The van der Waals surface area contributed by atoms with Gasteiger partial charge in [-0.05, 0) is 43.7 Å². The molecule has 90 valence electrons. The van der Waals surface area contributed by atoms with Crippen molar-refractivity contribution in [1.82, 2.24) is 0 Å². The molecule has 0 radical (unpaired) electrons. The van der Waals surface area contributed by atoms with Crippen molar-refractivity contribution in [1.29, 1.82) is 0 Å². The second kappa shape index (κ2) is 5.29. The lowest BCUT2D eigenvalue weighted by molar-refractivity contribution is 0.311. The normalized spacial score (nSPS) is 11.4. The lowest BCUT2D eigenvalue weighted by atomic mass is 10.2. The fourth-order valence-electron chi connectivity index (χ4n) is 1.23. The summed E-state index contributed by atoms with van der Waals surface area (Å²) in [6, 6.07) is 4.53. The number of sulfonamides is 1. The van der Waals surface area contributed by atoms with Crippen LogP contribution < -0.4 is 15.6 Å². The van der Waals surface area contributed by atoms with Crippen molar-refractivity contribution in [3.8, 4) is 5.75 Å². The molecule has 0 aliphatic heterocycles. The lowest BCUT2D eigenvalue weighted by Crippen LogP contribution is -2.12. The van der Waals surface area contributed by atoms with Gasteiger partial charge in [0, 0.05) is 0 Å². The SMILES string of the molecule is Cc1cc(S(N)(=O)=O)ccc1OCCCN. The van der Waals surface area contributed by atoms with Gasteiger partial charge < -0.3 is 10.5 Å². The van der Waals surface area contributed by atoms with E-state index in [9.17, 15) is 8.42 Å². The summed E-state index contributed by atoms with van der Waals surface area (Å²) < 4.78 is 27.6. The molecule has 1 aromatic rings. The Kier molecular flexibility index (Phi) is 4.28. The molecule has 0 saturated carbocycles. The summed E-state index contributed by atoms with van der Waals surface area (Å²) in [4.78, 5) is 0.0937. The summed E-state index contributed by atoms with van der Waals surface area (Å²) in [7, 11) is -3.64. The van der Waals surface area contributed by atoms with Crippen molar-refractivity contribution in [3.05, 3.63) is 23.8 Å². The quantitative estimate of drug-likeness (QED) is 0.731. The first kappa shape index (κ1) is 13.0. The Hall–Kier alpha value is -1.11. The minimum atomic E-state index is -3.64. The molecule has 6 heteroatoms. The Balaban J connectivity index is 2.84. The van der Waals surface area contributed by atoms with E-state index < -0.39 is 10.0 Å². The van der Waals surface area contributed by atoms with Crippen molar-refractivity contribution in [2.24, 2.45) is 10.9 Å². The molecular weight excluding hydrogens is 228 g/mol. The predicted octanol–water partition coefficient (Wildman–Crippen LogP) is 0.370. The van der Waals surface area contributed by atoms with Crippen molar-refractivity contribution in [2.45, 2.75) is 18.2 Å². The van der Waals surface area contributed by atoms with Crippen LogP contribution in [0.3, 0.4) is 0 Å². The van der Waals surface area contributed by atoms with Gasteiger partial charge in [0.15, 0.2) is 0 Å². The molecule has 0 bridgehead atoms. The second-order valence-electron chi connectivity index (χ2n) is 3.46. The molecule has 0 aliphatic carbocycles. The summed E-state index contributed by atoms with van der Waals surface area (Å²) in [6.45, 7) is 2.85. The number of hydrogen-bond acceptors (Lipinski definition) is 4. The highest BCUT2D eigenvalue weighted by molar-refractivity contribution is 7.89. The summed E-state index contributed by atoms with van der Waals surface area (Å²) in [5, 5.41) is 5.01. The third-order valence-corrected chi connectivity index (χ3v) is 2.99. The van der Waals surface area contributed by atoms with E-state index >= 15 is 0 Å². The molecule has 4 N–H and O–H groups in total. The van der Waals surface area contributed by atoms with Crippen molar-refractivity contribution in [3.63, 3.8) is 0 Å². The van der Waals surface area contributed by atoms with Crippen molar-refractivity contribution in [2.75, 3.05) is 13.2 Å². The maximum atomic E-state index is 11.1. The van der Waals surface area contributed by atoms with Crippen LogP contribution in [0.1, 0.15) is 12.0 Å². The molecule has 0 fully saturated rings. The number of ether oxygens (including phenoxy) is 1. The molecular formula is C10H16N2O3S. The fraction of sp³-hybridized carbons (Fsp3) is 0.400. The molecule has 5 nitrogen and oxygen atoms in total. The van der Waals surface area contributed by atoms with Gasteiger partial charge in [-0.2, -0.15) is 0 Å². The Labute approximate surface area is 95.4 Å². The topological polar surface area (TPSA) is 95.4 Å². The van der Waals surface area contributed by atoms with Crippen LogP contribution in [0.5, 0.6) is 5.75 Å². The highest BCUT2D eigenvalue weighted by atomic mass is 32.2. The maximum Gasteiger partial charge on any atom is 0.238 e. The highest BCUT2D eigenvalue weighted by Gasteiger charge is 2.09. The van der Waals surface area contributed by atoms with Gasteiger partial charge in [0.25, 0.3) is 0 Å². The minimum Gasteiger partial charge on any atom is -0.493 e. The molecule has 16 heavy (non-hydrogen) atoms. The van der Waals surface area contributed by atoms with E-state index in [1.165, 1.54) is 12.1 Å². The van der Waals surface area contributed by atoms with Crippen molar-refractivity contribution >= 4 is 10.0 Å². The molecule has 0 saturated heterocycles. The summed E-state index contributed by atoms with van der Waals surface area (Å²) in [5.41, 5.74) is 6.08. The molecule has 1 rings (SSSR count). The van der Waals surface area contributed by atoms with E-state index in [2.05, 4.69) is 0 Å². The van der Waals surface area contributed by atoms with E-state index in [1.807, 2.05) is 0 Å². The molecule has 1 aromatic carbocycles. The zero-order valence-corrected chi connectivity index (χ0v) is 9.96. The summed E-state index contributed by atoms with van der Waals surface area (Å²) in [6.07, 6.45) is 0.760. The van der Waals surface area contributed by atoms with Crippen LogP contribution in [-0.4, -0.2) is 21.6 Å². The number of benzene rings is 1. The fourth-order valence-corrected chi connectivity index (χ4v) is 1.83. The molecule has 0 aliphatic rings. The van der Waals surface area contributed by atoms with Crippen LogP contribution in [0.4, 0.5) is 0 Å². The van der Waals surface area contributed by atoms with Gasteiger partial charge in [-0.15, -0.1) is 0 Å². The van der Waals surface area contributed by atoms with Gasteiger partial charge in [0.05, 0.1) is 11.5 Å². The van der Waals surface area contributed by atoms with Crippen LogP contribution in [-0.2, 0) is 10.0 Å².